The number of aldehydes is 1. The lowest BCUT2D eigenvalue weighted by molar-refractivity contribution is -0.140. The normalized spacial score (nSPS) is 17.8. The van der Waals surface area contributed by atoms with E-state index >= 15 is 0 Å². The number of anilines is 1. The Morgan fingerprint density at radius 1 is 1.14 bits per heavy atom. The fraction of sp³-hybridized carbons (Fsp3) is 0.125. The number of carbonyl (C=O) groups excluding carboxylic acids is 2. The molecule has 178 valence electrons. The third-order valence-electron chi connectivity index (χ3n) is 5.18. The Hall–Kier alpha value is -4.72. The molecular weight excluding hydrogens is 465 g/mol. The predicted molar refractivity (Wildman–Crippen MR) is 120 cm³/mol. The van der Waals surface area contributed by atoms with Crippen LogP contribution in [0.25, 0.3) is 5.70 Å². The fourth-order valence-electron chi connectivity index (χ4n) is 3.42. The molecule has 3 N–H and O–H groups in total. The number of hydrogen-bond acceptors (Lipinski definition) is 5. The standard InChI is InChI=1S/C24H17F3N4O4/c25-24(26,27)17-2-1-3-18(8-17)31(23(29)35)12-16(13-32)19-9-21(30-11-20(19)22(33)34)15-6-4-14(10-28)5-7-15/h1-9,11-13,19-20H,(H2,29,35)(H,33,34)/b16-12+. The number of hydrogen-bond donors (Lipinski definition) is 2. The highest BCUT2D eigenvalue weighted by Crippen LogP contribution is 2.34. The second kappa shape index (κ2) is 10.0. The molecule has 0 spiro atoms. The van der Waals surface area contributed by atoms with E-state index in [2.05, 4.69) is 4.99 Å². The lowest BCUT2D eigenvalue weighted by Crippen LogP contribution is -2.34. The van der Waals surface area contributed by atoms with Crippen LogP contribution in [-0.2, 0) is 15.8 Å². The van der Waals surface area contributed by atoms with E-state index in [-0.39, 0.29) is 11.3 Å². The summed E-state index contributed by atoms with van der Waals surface area (Å²) in [7, 11) is 0. The molecule has 0 aromatic heterocycles. The summed E-state index contributed by atoms with van der Waals surface area (Å²) in [5, 5.41) is 18.6. The van der Waals surface area contributed by atoms with E-state index < -0.39 is 35.6 Å². The summed E-state index contributed by atoms with van der Waals surface area (Å²) in [6, 6.07) is 10.8. The molecule has 0 saturated heterocycles. The fourth-order valence-corrected chi connectivity index (χ4v) is 3.42. The molecule has 0 saturated carbocycles. The first-order valence-electron chi connectivity index (χ1n) is 9.97. The quantitative estimate of drug-likeness (QED) is 0.474. The molecule has 3 rings (SSSR count). The maximum Gasteiger partial charge on any atom is 0.416 e. The van der Waals surface area contributed by atoms with Crippen molar-refractivity contribution in [2.45, 2.75) is 6.18 Å². The predicted octanol–water partition coefficient (Wildman–Crippen LogP) is 3.99. The lowest BCUT2D eigenvalue weighted by atomic mass is 9.84. The van der Waals surface area contributed by atoms with Crippen LogP contribution >= 0.6 is 0 Å². The number of alkyl halides is 3. The van der Waals surface area contributed by atoms with E-state index in [1.54, 1.807) is 12.1 Å². The molecule has 11 heteroatoms. The van der Waals surface area contributed by atoms with Crippen molar-refractivity contribution in [3.8, 4) is 6.07 Å². The van der Waals surface area contributed by atoms with Gasteiger partial charge in [0, 0.05) is 23.9 Å². The van der Waals surface area contributed by atoms with Crippen molar-refractivity contribution in [1.82, 2.24) is 0 Å². The first-order chi connectivity index (χ1) is 16.5. The molecular formula is C24H17F3N4O4. The number of aliphatic carboxylic acids is 1. The SMILES string of the molecule is N#Cc1ccc(C2=CC(/C(C=O)=C/N(C(N)=O)c3cccc(C(F)(F)F)c3)C(C(=O)O)C=N2)cc1. The second-order valence-electron chi connectivity index (χ2n) is 7.41. The Balaban J connectivity index is 2.08. The Kier molecular flexibility index (Phi) is 7.15. The van der Waals surface area contributed by atoms with Gasteiger partial charge < -0.3 is 10.8 Å². The number of urea groups is 1. The summed E-state index contributed by atoms with van der Waals surface area (Å²) >= 11 is 0. The van der Waals surface area contributed by atoms with Crippen LogP contribution in [-0.4, -0.2) is 29.6 Å². The second-order valence-corrected chi connectivity index (χ2v) is 7.41. The van der Waals surface area contributed by atoms with Crippen molar-refractivity contribution < 1.29 is 32.7 Å². The molecule has 2 amide bonds. The lowest BCUT2D eigenvalue weighted by Gasteiger charge is -2.25. The number of benzene rings is 2. The molecule has 2 aromatic carbocycles. The van der Waals surface area contributed by atoms with Gasteiger partial charge in [-0.1, -0.05) is 18.2 Å². The number of nitriles is 1. The highest BCUT2D eigenvalue weighted by atomic mass is 19.4. The number of rotatable bonds is 6. The number of nitrogens with two attached hydrogens (primary N) is 1. The summed E-state index contributed by atoms with van der Waals surface area (Å²) in [5.74, 6) is -3.74. The van der Waals surface area contributed by atoms with E-state index in [1.165, 1.54) is 24.3 Å². The summed E-state index contributed by atoms with van der Waals surface area (Å²) in [6.45, 7) is 0. The molecule has 2 atom stereocenters. The highest BCUT2D eigenvalue weighted by Gasteiger charge is 2.33. The van der Waals surface area contributed by atoms with Gasteiger partial charge in [-0.3, -0.25) is 19.5 Å². The summed E-state index contributed by atoms with van der Waals surface area (Å²) < 4.78 is 39.4. The molecule has 0 aliphatic carbocycles. The number of carboxylic acid groups (broad SMARTS) is 1. The molecule has 0 fully saturated rings. The van der Waals surface area contributed by atoms with Gasteiger partial charge in [0.05, 0.1) is 28.6 Å². The molecule has 2 aromatic rings. The number of halogens is 3. The van der Waals surface area contributed by atoms with Gasteiger partial charge in [-0.25, -0.2) is 4.79 Å². The van der Waals surface area contributed by atoms with E-state index in [0.717, 1.165) is 24.5 Å². The Morgan fingerprint density at radius 2 is 1.83 bits per heavy atom. The van der Waals surface area contributed by atoms with E-state index in [0.29, 0.717) is 34.1 Å². The average molecular weight is 482 g/mol. The first kappa shape index (κ1) is 24.9. The van der Waals surface area contributed by atoms with E-state index in [1.807, 2.05) is 6.07 Å². The number of amides is 2. The Morgan fingerprint density at radius 3 is 2.37 bits per heavy atom. The van der Waals surface area contributed by atoms with Gasteiger partial charge in [0.15, 0.2) is 0 Å². The summed E-state index contributed by atoms with van der Waals surface area (Å²) in [5.41, 5.74) is 5.04. The van der Waals surface area contributed by atoms with Gasteiger partial charge in [-0.15, -0.1) is 0 Å². The number of carboxylic acids is 1. The minimum Gasteiger partial charge on any atom is -0.481 e. The van der Waals surface area contributed by atoms with Crippen molar-refractivity contribution in [2.75, 3.05) is 4.90 Å². The van der Waals surface area contributed by atoms with Crippen LogP contribution in [0.3, 0.4) is 0 Å². The third-order valence-corrected chi connectivity index (χ3v) is 5.18. The monoisotopic (exact) mass is 482 g/mol. The van der Waals surface area contributed by atoms with Gasteiger partial charge >= 0.3 is 18.2 Å². The van der Waals surface area contributed by atoms with E-state index in [4.69, 9.17) is 11.0 Å². The van der Waals surface area contributed by atoms with Gasteiger partial charge in [-0.05, 0) is 42.0 Å². The minimum absolute atomic E-state index is 0.231. The topological polar surface area (TPSA) is 137 Å². The van der Waals surface area contributed by atoms with Gasteiger partial charge in [0.25, 0.3) is 0 Å². The zero-order valence-electron chi connectivity index (χ0n) is 17.8. The maximum absolute atomic E-state index is 13.1. The summed E-state index contributed by atoms with van der Waals surface area (Å²) in [4.78, 5) is 40.7. The molecule has 0 radical (unpaired) electrons. The first-order valence-corrected chi connectivity index (χ1v) is 9.97. The number of allylic oxidation sites excluding steroid dienone is 2. The van der Waals surface area contributed by atoms with Crippen molar-refractivity contribution in [1.29, 1.82) is 5.26 Å². The Labute approximate surface area is 197 Å². The smallest absolute Gasteiger partial charge is 0.416 e. The molecule has 0 bridgehead atoms. The maximum atomic E-state index is 13.1. The largest absolute Gasteiger partial charge is 0.481 e. The Bertz CT molecular complexity index is 1290. The molecule has 35 heavy (non-hydrogen) atoms. The van der Waals surface area contributed by atoms with E-state index in [9.17, 15) is 32.7 Å². The van der Waals surface area contributed by atoms with Crippen LogP contribution in [0, 0.1) is 23.2 Å². The molecule has 1 aliphatic heterocycles. The van der Waals surface area contributed by atoms with Crippen LogP contribution in [0.1, 0.15) is 16.7 Å². The zero-order chi connectivity index (χ0) is 25.8. The van der Waals surface area contributed by atoms with Crippen molar-refractivity contribution >= 4 is 35.9 Å². The van der Waals surface area contributed by atoms with Crippen molar-refractivity contribution in [2.24, 2.45) is 22.6 Å². The van der Waals surface area contributed by atoms with Crippen LogP contribution < -0.4 is 10.6 Å². The third kappa shape index (κ3) is 5.62. The zero-order valence-corrected chi connectivity index (χ0v) is 17.8. The number of nitrogens with zero attached hydrogens (tertiary/aromatic N) is 3. The van der Waals surface area contributed by atoms with Crippen LogP contribution in [0.2, 0.25) is 0 Å². The number of primary amides is 1. The highest BCUT2D eigenvalue weighted by molar-refractivity contribution is 5.98. The summed E-state index contributed by atoms with van der Waals surface area (Å²) in [6.07, 6.45) is -0.959. The van der Waals surface area contributed by atoms with Crippen LogP contribution in [0.4, 0.5) is 23.7 Å². The van der Waals surface area contributed by atoms with Crippen molar-refractivity contribution in [3.63, 3.8) is 0 Å². The van der Waals surface area contributed by atoms with Crippen LogP contribution in [0.5, 0.6) is 0 Å². The molecule has 8 nitrogen and oxygen atoms in total. The molecule has 2 unspecified atom stereocenters. The van der Waals surface area contributed by atoms with Crippen molar-refractivity contribution in [3.05, 3.63) is 83.1 Å². The minimum atomic E-state index is -4.69. The molecule has 1 aliphatic rings. The number of carbonyl (C=O) groups is 3. The van der Waals surface area contributed by atoms with Gasteiger partial charge in [-0.2, -0.15) is 18.4 Å². The number of aliphatic imine (C=N–C) groups is 1. The average Bonchev–Trinajstić information content (AvgIpc) is 2.83. The van der Waals surface area contributed by atoms with Gasteiger partial charge in [0.2, 0.25) is 0 Å². The van der Waals surface area contributed by atoms with Gasteiger partial charge in [0.1, 0.15) is 12.2 Å². The molecule has 1 heterocycles. The van der Waals surface area contributed by atoms with Crippen LogP contribution in [0.15, 0.2) is 71.4 Å².